The van der Waals surface area contributed by atoms with Crippen LogP contribution in [-0.2, 0) is 13.2 Å². The second-order valence-electron chi connectivity index (χ2n) is 5.30. The molecule has 0 aliphatic heterocycles. The first kappa shape index (κ1) is 17.2. The standard InChI is InChI=1S/C17H15ClFN3O3/c1-2-22-8-10(9-25-14-4-3-11(19)7-12(14)18)15-13(22)5-6-20-16(15)17(23)21-24/h3-8,24H,2,9H2,1H3,(H,21,23). The van der Waals surface area contributed by atoms with Crippen molar-refractivity contribution in [1.29, 1.82) is 0 Å². The highest BCUT2D eigenvalue weighted by atomic mass is 35.5. The Morgan fingerprint density at radius 3 is 2.92 bits per heavy atom. The number of ether oxygens (including phenoxy) is 1. The minimum absolute atomic E-state index is 0.0935. The first-order valence-electron chi connectivity index (χ1n) is 7.54. The molecule has 0 saturated carbocycles. The van der Waals surface area contributed by atoms with Crippen molar-refractivity contribution in [1.82, 2.24) is 15.0 Å². The van der Waals surface area contributed by atoms with E-state index in [4.69, 9.17) is 21.5 Å². The molecule has 0 bridgehead atoms. The van der Waals surface area contributed by atoms with Crippen molar-refractivity contribution in [3.05, 3.63) is 58.8 Å². The number of carbonyl (C=O) groups excluding carboxylic acids is 1. The van der Waals surface area contributed by atoms with E-state index < -0.39 is 11.7 Å². The van der Waals surface area contributed by atoms with Crippen LogP contribution in [0.15, 0.2) is 36.7 Å². The summed E-state index contributed by atoms with van der Waals surface area (Å²) < 4.78 is 20.7. The maximum Gasteiger partial charge on any atom is 0.293 e. The first-order chi connectivity index (χ1) is 12.0. The third kappa shape index (κ3) is 3.29. The molecule has 0 saturated heterocycles. The van der Waals surface area contributed by atoms with Crippen LogP contribution in [0.3, 0.4) is 0 Å². The normalized spacial score (nSPS) is 10.9. The van der Waals surface area contributed by atoms with Crippen molar-refractivity contribution in [2.45, 2.75) is 20.1 Å². The van der Waals surface area contributed by atoms with Gasteiger partial charge in [0.2, 0.25) is 0 Å². The molecule has 8 heteroatoms. The molecule has 3 rings (SSSR count). The van der Waals surface area contributed by atoms with Gasteiger partial charge < -0.3 is 9.30 Å². The summed E-state index contributed by atoms with van der Waals surface area (Å²) in [6, 6.07) is 5.64. The maximum absolute atomic E-state index is 13.1. The molecule has 0 spiro atoms. The second-order valence-corrected chi connectivity index (χ2v) is 5.71. The smallest absolute Gasteiger partial charge is 0.293 e. The molecule has 0 atom stereocenters. The highest BCUT2D eigenvalue weighted by Crippen LogP contribution is 2.29. The van der Waals surface area contributed by atoms with Crippen LogP contribution in [0.5, 0.6) is 5.75 Å². The Hall–Kier alpha value is -2.64. The predicted octanol–water partition coefficient (Wildman–Crippen LogP) is 3.55. The third-order valence-electron chi connectivity index (χ3n) is 3.81. The molecule has 0 radical (unpaired) electrons. The van der Waals surface area contributed by atoms with E-state index in [1.54, 1.807) is 11.5 Å². The number of fused-ring (bicyclic) bond motifs is 1. The lowest BCUT2D eigenvalue weighted by Crippen LogP contribution is -2.20. The number of aryl methyl sites for hydroxylation is 1. The zero-order valence-electron chi connectivity index (χ0n) is 13.3. The number of benzene rings is 1. The predicted molar refractivity (Wildman–Crippen MR) is 90.4 cm³/mol. The number of hydrogen-bond donors (Lipinski definition) is 2. The highest BCUT2D eigenvalue weighted by Gasteiger charge is 2.18. The quantitative estimate of drug-likeness (QED) is 0.537. The number of carbonyl (C=O) groups is 1. The van der Waals surface area contributed by atoms with Crippen molar-refractivity contribution < 1.29 is 19.1 Å². The average Bonchev–Trinajstić information content (AvgIpc) is 2.98. The Balaban J connectivity index is 2.01. The summed E-state index contributed by atoms with van der Waals surface area (Å²) in [4.78, 5) is 16.0. The molecule has 0 unspecified atom stereocenters. The van der Waals surface area contributed by atoms with E-state index in [2.05, 4.69) is 4.98 Å². The molecule has 0 aliphatic carbocycles. The minimum Gasteiger partial charge on any atom is -0.487 e. The number of amides is 1. The molecule has 6 nitrogen and oxygen atoms in total. The van der Waals surface area contributed by atoms with Crippen molar-refractivity contribution in [2.75, 3.05) is 0 Å². The molecule has 0 fully saturated rings. The van der Waals surface area contributed by atoms with Crippen molar-refractivity contribution in [3.8, 4) is 5.75 Å². The lowest BCUT2D eigenvalue weighted by Gasteiger charge is -2.08. The molecule has 0 aliphatic rings. The lowest BCUT2D eigenvalue weighted by molar-refractivity contribution is 0.0702. The van der Waals surface area contributed by atoms with E-state index in [9.17, 15) is 9.18 Å². The molecule has 3 aromatic rings. The van der Waals surface area contributed by atoms with Gasteiger partial charge in [0.05, 0.1) is 10.5 Å². The van der Waals surface area contributed by atoms with Gasteiger partial charge in [-0.05, 0) is 31.2 Å². The summed E-state index contributed by atoms with van der Waals surface area (Å²) in [6.45, 7) is 2.75. The van der Waals surface area contributed by atoms with Gasteiger partial charge in [0.15, 0.2) is 0 Å². The SMILES string of the molecule is CCn1cc(COc2ccc(F)cc2Cl)c2c(C(=O)NO)nccc21. The fourth-order valence-corrected chi connectivity index (χ4v) is 2.90. The van der Waals surface area contributed by atoms with Crippen LogP contribution in [0.2, 0.25) is 5.02 Å². The Bertz CT molecular complexity index is 942. The van der Waals surface area contributed by atoms with Crippen LogP contribution < -0.4 is 10.2 Å². The Morgan fingerprint density at radius 1 is 1.44 bits per heavy atom. The molecule has 1 amide bonds. The Morgan fingerprint density at radius 2 is 2.24 bits per heavy atom. The zero-order chi connectivity index (χ0) is 18.0. The number of aromatic nitrogens is 2. The van der Waals surface area contributed by atoms with Gasteiger partial charge in [0, 0.05) is 29.9 Å². The minimum atomic E-state index is -0.708. The van der Waals surface area contributed by atoms with Crippen LogP contribution in [0.1, 0.15) is 23.0 Å². The molecule has 2 N–H and O–H groups in total. The largest absolute Gasteiger partial charge is 0.487 e. The number of hydrogen-bond acceptors (Lipinski definition) is 4. The second kappa shape index (κ2) is 7.08. The summed E-state index contributed by atoms with van der Waals surface area (Å²) in [5.41, 5.74) is 3.19. The van der Waals surface area contributed by atoms with Crippen LogP contribution >= 0.6 is 11.6 Å². The van der Waals surface area contributed by atoms with Gasteiger partial charge in [-0.3, -0.25) is 15.0 Å². The van der Waals surface area contributed by atoms with Crippen molar-refractivity contribution in [3.63, 3.8) is 0 Å². The fourth-order valence-electron chi connectivity index (χ4n) is 2.67. The fraction of sp³-hybridized carbons (Fsp3) is 0.176. The molecule has 25 heavy (non-hydrogen) atoms. The maximum atomic E-state index is 13.1. The summed E-state index contributed by atoms with van der Waals surface area (Å²) in [5, 5.41) is 9.68. The molecular weight excluding hydrogens is 349 g/mol. The summed E-state index contributed by atoms with van der Waals surface area (Å²) >= 11 is 5.97. The third-order valence-corrected chi connectivity index (χ3v) is 4.10. The summed E-state index contributed by atoms with van der Waals surface area (Å²) in [7, 11) is 0. The highest BCUT2D eigenvalue weighted by molar-refractivity contribution is 6.32. The molecule has 130 valence electrons. The molecule has 1 aromatic carbocycles. The van der Waals surface area contributed by atoms with E-state index >= 15 is 0 Å². The number of halogens is 2. The topological polar surface area (TPSA) is 76.4 Å². The first-order valence-corrected chi connectivity index (χ1v) is 7.92. The van der Waals surface area contributed by atoms with Crippen LogP contribution in [-0.4, -0.2) is 20.7 Å². The van der Waals surface area contributed by atoms with Crippen LogP contribution in [0.25, 0.3) is 10.9 Å². The molecule has 2 aromatic heterocycles. The zero-order valence-corrected chi connectivity index (χ0v) is 14.0. The number of rotatable bonds is 5. The van der Waals surface area contributed by atoms with Gasteiger partial charge in [-0.15, -0.1) is 0 Å². The summed E-state index contributed by atoms with van der Waals surface area (Å²) in [6.07, 6.45) is 3.35. The van der Waals surface area contributed by atoms with E-state index in [1.807, 2.05) is 17.7 Å². The number of nitrogens with zero attached hydrogens (tertiary/aromatic N) is 2. The Labute approximate surface area is 147 Å². The van der Waals surface area contributed by atoms with Gasteiger partial charge in [0.25, 0.3) is 5.91 Å². The monoisotopic (exact) mass is 363 g/mol. The van der Waals surface area contributed by atoms with E-state index in [1.165, 1.54) is 24.4 Å². The molecular formula is C17H15ClFN3O3. The van der Waals surface area contributed by atoms with E-state index in [-0.39, 0.29) is 17.3 Å². The number of pyridine rings is 1. The van der Waals surface area contributed by atoms with Gasteiger partial charge in [-0.2, -0.15) is 0 Å². The van der Waals surface area contributed by atoms with Crippen molar-refractivity contribution >= 4 is 28.4 Å². The average molecular weight is 364 g/mol. The van der Waals surface area contributed by atoms with Crippen LogP contribution in [0, 0.1) is 5.82 Å². The van der Waals surface area contributed by atoms with E-state index in [0.717, 1.165) is 5.52 Å². The molecule has 2 heterocycles. The van der Waals surface area contributed by atoms with Gasteiger partial charge >= 0.3 is 0 Å². The van der Waals surface area contributed by atoms with E-state index in [0.29, 0.717) is 23.2 Å². The van der Waals surface area contributed by atoms with Gasteiger partial charge in [-0.1, -0.05) is 11.6 Å². The van der Waals surface area contributed by atoms with Crippen LogP contribution in [0.4, 0.5) is 4.39 Å². The summed E-state index contributed by atoms with van der Waals surface area (Å²) in [5.74, 6) is -0.830. The van der Waals surface area contributed by atoms with Crippen molar-refractivity contribution in [2.24, 2.45) is 0 Å². The number of hydroxylamine groups is 1. The van der Waals surface area contributed by atoms with Gasteiger partial charge in [0.1, 0.15) is 23.9 Å². The Kier molecular flexibility index (Phi) is 4.87. The van der Waals surface area contributed by atoms with Gasteiger partial charge in [-0.25, -0.2) is 9.87 Å². The number of nitrogens with one attached hydrogen (secondary N) is 1. The lowest BCUT2D eigenvalue weighted by atomic mass is 10.1.